The lowest BCUT2D eigenvalue weighted by Crippen LogP contribution is -2.35. The van der Waals surface area contributed by atoms with Gasteiger partial charge in [0.05, 0.1) is 25.4 Å². The average Bonchev–Trinajstić information content (AvgIpc) is 2.88. The summed E-state index contributed by atoms with van der Waals surface area (Å²) in [6.45, 7) is 20.2. The molecule has 3 rings (SSSR count). The van der Waals surface area contributed by atoms with Gasteiger partial charge in [0.25, 0.3) is 0 Å². The predicted octanol–water partition coefficient (Wildman–Crippen LogP) is 5.45. The van der Waals surface area contributed by atoms with Gasteiger partial charge in [0.2, 0.25) is 5.95 Å². The third-order valence-corrected chi connectivity index (χ3v) is 6.07. The van der Waals surface area contributed by atoms with Crippen LogP contribution in [0.5, 0.6) is 0 Å². The molecule has 0 bridgehead atoms. The van der Waals surface area contributed by atoms with Crippen LogP contribution in [0.2, 0.25) is 0 Å². The van der Waals surface area contributed by atoms with E-state index in [1.807, 2.05) is 55.4 Å². The van der Waals surface area contributed by atoms with Crippen LogP contribution in [0, 0.1) is 0 Å². The van der Waals surface area contributed by atoms with Crippen molar-refractivity contribution in [3.63, 3.8) is 0 Å². The first-order valence-corrected chi connectivity index (χ1v) is 12.8. The Morgan fingerprint density at radius 1 is 1.16 bits per heavy atom. The highest BCUT2D eigenvalue weighted by Crippen LogP contribution is 2.34. The van der Waals surface area contributed by atoms with Crippen LogP contribution in [0.3, 0.4) is 0 Å². The smallest absolute Gasteiger partial charge is 0.228 e. The molecule has 37 heavy (non-hydrogen) atoms. The molecule has 8 nitrogen and oxygen atoms in total. The second kappa shape index (κ2) is 12.3. The topological polar surface area (TPSA) is 75.6 Å². The molecule has 0 radical (unpaired) electrons. The Balaban J connectivity index is 1.90. The maximum atomic E-state index is 6.16. The Morgan fingerprint density at radius 2 is 1.89 bits per heavy atom. The van der Waals surface area contributed by atoms with Gasteiger partial charge < -0.3 is 24.6 Å². The number of nitrogens with zero attached hydrogens (tertiary/aromatic N) is 5. The van der Waals surface area contributed by atoms with Gasteiger partial charge in [0.1, 0.15) is 11.6 Å². The molecule has 1 saturated heterocycles. The molecule has 0 atom stereocenters. The summed E-state index contributed by atoms with van der Waals surface area (Å²) in [5.74, 6) is 2.10. The van der Waals surface area contributed by atoms with Gasteiger partial charge in [-0.2, -0.15) is 4.98 Å². The molecule has 0 amide bonds. The Kier molecular flexibility index (Phi) is 9.45. The number of aromatic nitrogens is 3. The first kappa shape index (κ1) is 28.3. The molecule has 1 aliphatic heterocycles. The van der Waals surface area contributed by atoms with Gasteiger partial charge in [-0.25, -0.2) is 9.97 Å². The van der Waals surface area contributed by atoms with Gasteiger partial charge in [-0.15, -0.1) is 0 Å². The van der Waals surface area contributed by atoms with E-state index in [1.54, 1.807) is 6.20 Å². The van der Waals surface area contributed by atoms with E-state index < -0.39 is 0 Å². The molecule has 1 fully saturated rings. The molecule has 0 spiro atoms. The van der Waals surface area contributed by atoms with E-state index in [4.69, 9.17) is 14.5 Å². The van der Waals surface area contributed by atoms with Crippen molar-refractivity contribution in [1.82, 2.24) is 19.9 Å². The highest BCUT2D eigenvalue weighted by atomic mass is 16.5. The lowest BCUT2D eigenvalue weighted by molar-refractivity contribution is -0.0249. The Bertz CT molecular complexity index is 1100. The van der Waals surface area contributed by atoms with Crippen molar-refractivity contribution < 1.29 is 9.47 Å². The molecule has 8 heteroatoms. The highest BCUT2D eigenvalue weighted by molar-refractivity contribution is 5.62. The molecule has 3 heterocycles. The van der Waals surface area contributed by atoms with Crippen molar-refractivity contribution in [2.24, 2.45) is 0 Å². The number of allylic oxidation sites excluding steroid dienone is 4. The molecule has 2 aromatic rings. The van der Waals surface area contributed by atoms with E-state index >= 15 is 0 Å². The van der Waals surface area contributed by atoms with E-state index in [9.17, 15) is 0 Å². The van der Waals surface area contributed by atoms with Gasteiger partial charge in [0.15, 0.2) is 0 Å². The van der Waals surface area contributed by atoms with Crippen molar-refractivity contribution in [3.05, 3.63) is 72.4 Å². The zero-order valence-corrected chi connectivity index (χ0v) is 23.4. The number of morpholine rings is 1. The van der Waals surface area contributed by atoms with Crippen LogP contribution >= 0.6 is 0 Å². The quantitative estimate of drug-likeness (QED) is 0.427. The highest BCUT2D eigenvalue weighted by Gasteiger charge is 2.30. The minimum Gasteiger partial charge on any atom is -0.378 e. The molecule has 0 unspecified atom stereocenters. The van der Waals surface area contributed by atoms with Gasteiger partial charge in [-0.3, -0.25) is 0 Å². The maximum absolute atomic E-state index is 6.16. The zero-order valence-electron chi connectivity index (χ0n) is 23.4. The van der Waals surface area contributed by atoms with Crippen LogP contribution in [0.4, 0.5) is 17.6 Å². The molecule has 0 aliphatic carbocycles. The first-order chi connectivity index (χ1) is 17.5. The van der Waals surface area contributed by atoms with Crippen LogP contribution in [0.1, 0.15) is 47.1 Å². The van der Waals surface area contributed by atoms with Crippen molar-refractivity contribution >= 4 is 17.6 Å². The van der Waals surface area contributed by atoms with Gasteiger partial charge >= 0.3 is 0 Å². The van der Waals surface area contributed by atoms with Crippen molar-refractivity contribution in [2.75, 3.05) is 50.2 Å². The van der Waals surface area contributed by atoms with Crippen molar-refractivity contribution in [1.29, 1.82) is 0 Å². The summed E-state index contributed by atoms with van der Waals surface area (Å²) in [4.78, 5) is 18.4. The average molecular weight is 507 g/mol. The number of pyridine rings is 1. The molecule has 2 aromatic heterocycles. The van der Waals surface area contributed by atoms with Gasteiger partial charge in [-0.05, 0) is 58.1 Å². The van der Waals surface area contributed by atoms with E-state index in [2.05, 4.69) is 67.5 Å². The summed E-state index contributed by atoms with van der Waals surface area (Å²) in [5, 5.41) is 3.34. The number of rotatable bonds is 10. The Hall–Kier alpha value is -3.23. The SMILES string of the molecule is C=C/C(=C\C=C(/C)Nc1ncc(C(C)(C)COC(C)(C)C)c(N(C)c2ccccn2)n1)N1CCOCC1. The minimum absolute atomic E-state index is 0.242. The van der Waals surface area contributed by atoms with Crippen LogP contribution in [-0.2, 0) is 14.9 Å². The number of hydrogen-bond donors (Lipinski definition) is 1. The van der Waals surface area contributed by atoms with Crippen LogP contribution in [0.25, 0.3) is 0 Å². The van der Waals surface area contributed by atoms with Gasteiger partial charge in [0, 0.05) is 54.9 Å². The van der Waals surface area contributed by atoms with E-state index in [-0.39, 0.29) is 11.0 Å². The standard InChI is InChI=1S/C29H42N6O2/c1-9-23(35-16-18-36-19-17-35)14-13-22(2)32-27-31-20-24(29(6,7)21-37-28(3,4)5)26(33-27)34(8)25-12-10-11-15-30-25/h9-15,20H,1,16-19,21H2,2-8H3,(H,31,32,33)/b22-13+,23-14+. The molecule has 200 valence electrons. The number of ether oxygens (including phenoxy) is 2. The second-order valence-corrected chi connectivity index (χ2v) is 10.8. The number of hydrogen-bond acceptors (Lipinski definition) is 8. The van der Waals surface area contributed by atoms with E-state index in [0.717, 1.165) is 54.9 Å². The van der Waals surface area contributed by atoms with Crippen LogP contribution < -0.4 is 10.2 Å². The summed E-state index contributed by atoms with van der Waals surface area (Å²) in [6, 6.07) is 5.84. The van der Waals surface area contributed by atoms with E-state index in [0.29, 0.717) is 12.6 Å². The minimum atomic E-state index is -0.325. The summed E-state index contributed by atoms with van der Waals surface area (Å²) >= 11 is 0. The second-order valence-electron chi connectivity index (χ2n) is 10.8. The zero-order chi connectivity index (χ0) is 27.1. The summed E-state index contributed by atoms with van der Waals surface area (Å²) in [7, 11) is 1.97. The van der Waals surface area contributed by atoms with Crippen LogP contribution in [0.15, 0.2) is 66.8 Å². The molecule has 1 aliphatic rings. The fourth-order valence-electron chi connectivity index (χ4n) is 3.85. The van der Waals surface area contributed by atoms with Crippen molar-refractivity contribution in [3.8, 4) is 0 Å². The normalized spacial score (nSPS) is 15.5. The molecular formula is C29H42N6O2. The number of anilines is 3. The maximum Gasteiger partial charge on any atom is 0.228 e. The fraction of sp³-hybridized carbons (Fsp3) is 0.483. The molecule has 0 aromatic carbocycles. The van der Waals surface area contributed by atoms with E-state index in [1.165, 1.54) is 0 Å². The monoisotopic (exact) mass is 506 g/mol. The summed E-state index contributed by atoms with van der Waals surface area (Å²) in [6.07, 6.45) is 9.63. The lowest BCUT2D eigenvalue weighted by atomic mass is 9.86. The van der Waals surface area contributed by atoms with Gasteiger partial charge in [-0.1, -0.05) is 26.5 Å². The number of nitrogens with one attached hydrogen (secondary N) is 1. The molecule has 0 saturated carbocycles. The van der Waals surface area contributed by atoms with Crippen LogP contribution in [-0.4, -0.2) is 65.4 Å². The first-order valence-electron chi connectivity index (χ1n) is 12.8. The third kappa shape index (κ3) is 8.13. The summed E-state index contributed by atoms with van der Waals surface area (Å²) in [5.41, 5.74) is 2.40. The Morgan fingerprint density at radius 3 is 2.51 bits per heavy atom. The molecular weight excluding hydrogens is 464 g/mol. The molecule has 1 N–H and O–H groups in total. The lowest BCUT2D eigenvalue weighted by Gasteiger charge is -2.32. The predicted molar refractivity (Wildman–Crippen MR) is 151 cm³/mol. The fourth-order valence-corrected chi connectivity index (χ4v) is 3.85. The Labute approximate surface area is 222 Å². The largest absolute Gasteiger partial charge is 0.378 e. The third-order valence-electron chi connectivity index (χ3n) is 6.07. The van der Waals surface area contributed by atoms with Crippen molar-refractivity contribution in [2.45, 2.75) is 52.6 Å². The summed E-state index contributed by atoms with van der Waals surface area (Å²) < 4.78 is 11.6.